The van der Waals surface area contributed by atoms with Crippen LogP contribution in [-0.2, 0) is 32.7 Å². The molecule has 0 radical (unpaired) electrons. The first-order valence-electron chi connectivity index (χ1n) is 18.7. The number of fused-ring (bicyclic) bond motifs is 9. The van der Waals surface area contributed by atoms with E-state index in [4.69, 9.17) is 33.2 Å². The zero-order chi connectivity index (χ0) is 38.5. The number of piperazine rings is 1. The van der Waals surface area contributed by atoms with Gasteiger partial charge in [0.2, 0.25) is 6.79 Å². The molecule has 3 aromatic carbocycles. The molecule has 10 rings (SSSR count). The van der Waals surface area contributed by atoms with Gasteiger partial charge < -0.3 is 48.7 Å². The third-order valence-electron chi connectivity index (χ3n) is 12.0. The number of phenolic OH excluding ortho intramolecular Hbond substituents is 1. The number of phenols is 1. The van der Waals surface area contributed by atoms with Gasteiger partial charge in [0.05, 0.1) is 44.2 Å². The number of methoxy groups -OCH3 is 2. The van der Waals surface area contributed by atoms with Crippen LogP contribution in [0.5, 0.6) is 40.2 Å². The van der Waals surface area contributed by atoms with Gasteiger partial charge in [-0.3, -0.25) is 15.0 Å². The SMILES string of the molecule is CCOc1cc2c(cc1OC)[C@@]1(CS[C@@H]3c4c(OC(C)=O)c(C)c5c(c4C(COC1=O)N1C3[C@@H]3N[C@@H](Cc4cc(C)c(OC)c(O)c43)[C@@H]1O)OCO5)NCC2. The summed E-state index contributed by atoms with van der Waals surface area (Å²) in [6, 6.07) is 3.55. The second-order valence-electron chi connectivity index (χ2n) is 14.9. The van der Waals surface area contributed by atoms with Gasteiger partial charge in [0, 0.05) is 47.5 Å². The number of aryl methyl sites for hydroxylation is 1. The van der Waals surface area contributed by atoms with E-state index in [2.05, 4.69) is 10.6 Å². The molecule has 14 nitrogen and oxygen atoms in total. The third kappa shape index (κ3) is 5.23. The van der Waals surface area contributed by atoms with Gasteiger partial charge in [-0.05, 0) is 68.0 Å². The third-order valence-corrected chi connectivity index (χ3v) is 13.5. The van der Waals surface area contributed by atoms with Crippen LogP contribution < -0.4 is 39.1 Å². The predicted octanol–water partition coefficient (Wildman–Crippen LogP) is 3.76. The Bertz CT molecular complexity index is 2130. The van der Waals surface area contributed by atoms with Crippen molar-refractivity contribution in [2.24, 2.45) is 0 Å². The Balaban J connectivity index is 1.29. The summed E-state index contributed by atoms with van der Waals surface area (Å²) >= 11 is 1.49. The van der Waals surface area contributed by atoms with E-state index in [1.165, 1.54) is 25.8 Å². The number of esters is 2. The lowest BCUT2D eigenvalue weighted by molar-refractivity contribution is -0.164. The number of aliphatic hydroxyl groups excluding tert-OH is 1. The van der Waals surface area contributed by atoms with Gasteiger partial charge in [-0.1, -0.05) is 6.07 Å². The maximum atomic E-state index is 14.8. The molecule has 7 aliphatic rings. The predicted molar refractivity (Wildman–Crippen MR) is 199 cm³/mol. The molecule has 1 spiro atoms. The largest absolute Gasteiger partial charge is 0.504 e. The standard InChI is InChI=1S/C40H45N3O11S/c1-7-50-26-12-20-8-9-41-40(22(20)13-25(26)48-5)15-55-37-29-28(36-35(52-16-53-36)18(3)34(29)54-19(4)44)24(14-51-39(40)47)43-31(37)30-27-21(11-23(42-30)38(43)46)10-17(2)33(49-6)32(27)45/h10,12-13,23-24,30-31,37-38,41-42,45-46H,7-9,11,14-16H2,1-6H3/t23-,24?,30+,31?,37+,38-,40+/m0/s1. The number of aromatic hydroxyl groups is 1. The van der Waals surface area contributed by atoms with E-state index in [1.54, 1.807) is 7.11 Å². The Morgan fingerprint density at radius 2 is 1.84 bits per heavy atom. The van der Waals surface area contributed by atoms with Crippen LogP contribution in [0.15, 0.2) is 18.2 Å². The first-order valence-corrected chi connectivity index (χ1v) is 19.7. The monoisotopic (exact) mass is 775 g/mol. The lowest BCUT2D eigenvalue weighted by atomic mass is 9.74. The van der Waals surface area contributed by atoms with E-state index in [0.29, 0.717) is 82.7 Å². The van der Waals surface area contributed by atoms with Crippen molar-refractivity contribution in [1.29, 1.82) is 0 Å². The van der Waals surface area contributed by atoms with Crippen LogP contribution >= 0.6 is 11.8 Å². The van der Waals surface area contributed by atoms with Gasteiger partial charge in [-0.25, -0.2) is 4.79 Å². The molecule has 15 heteroatoms. The summed E-state index contributed by atoms with van der Waals surface area (Å²) in [5.74, 6) is 1.97. The van der Waals surface area contributed by atoms with Crippen molar-refractivity contribution in [3.8, 4) is 40.2 Å². The van der Waals surface area contributed by atoms with Crippen LogP contribution in [0.25, 0.3) is 0 Å². The highest BCUT2D eigenvalue weighted by atomic mass is 32.2. The molecule has 0 amide bonds. The normalized spacial score (nSPS) is 28.7. The molecule has 0 saturated carbocycles. The topological polar surface area (TPSA) is 167 Å². The molecular weight excluding hydrogens is 731 g/mol. The second-order valence-corrected chi connectivity index (χ2v) is 16.0. The summed E-state index contributed by atoms with van der Waals surface area (Å²) in [6.07, 6.45) is 0.0463. The minimum Gasteiger partial charge on any atom is -0.504 e. The molecule has 4 bridgehead atoms. The minimum atomic E-state index is -1.30. The summed E-state index contributed by atoms with van der Waals surface area (Å²) in [5, 5.41) is 31.0. The van der Waals surface area contributed by atoms with Crippen molar-refractivity contribution in [1.82, 2.24) is 15.5 Å². The molecule has 7 atom stereocenters. The average molecular weight is 776 g/mol. The Hall–Kier alpha value is -4.41. The Morgan fingerprint density at radius 1 is 1.04 bits per heavy atom. The van der Waals surface area contributed by atoms with Crippen molar-refractivity contribution in [2.75, 3.05) is 46.5 Å². The highest BCUT2D eigenvalue weighted by molar-refractivity contribution is 7.99. The van der Waals surface area contributed by atoms with Crippen LogP contribution in [0.4, 0.5) is 0 Å². The molecule has 2 unspecified atom stereocenters. The molecule has 0 aromatic heterocycles. The summed E-state index contributed by atoms with van der Waals surface area (Å²) < 4.78 is 42.2. The zero-order valence-electron chi connectivity index (χ0n) is 31.6. The van der Waals surface area contributed by atoms with E-state index >= 15 is 0 Å². The highest BCUT2D eigenvalue weighted by Crippen LogP contribution is 2.63. The number of nitrogens with zero attached hydrogens (tertiary/aromatic N) is 1. The summed E-state index contributed by atoms with van der Waals surface area (Å²) in [4.78, 5) is 29.7. The fourth-order valence-corrected chi connectivity index (χ4v) is 11.6. The molecule has 7 aliphatic heterocycles. The van der Waals surface area contributed by atoms with E-state index < -0.39 is 53.1 Å². The van der Waals surface area contributed by atoms with Crippen molar-refractivity contribution in [2.45, 2.75) is 81.7 Å². The van der Waals surface area contributed by atoms with Gasteiger partial charge in [0.25, 0.3) is 0 Å². The molecule has 292 valence electrons. The number of ether oxygens (including phenoxy) is 7. The summed E-state index contributed by atoms with van der Waals surface area (Å²) in [5.41, 5.74) is 4.68. The van der Waals surface area contributed by atoms with E-state index in [0.717, 1.165) is 22.3 Å². The zero-order valence-corrected chi connectivity index (χ0v) is 32.4. The summed E-state index contributed by atoms with van der Waals surface area (Å²) in [7, 11) is 3.11. The van der Waals surface area contributed by atoms with Crippen molar-refractivity contribution >= 4 is 23.7 Å². The van der Waals surface area contributed by atoms with Gasteiger partial charge in [0.1, 0.15) is 18.6 Å². The number of aliphatic hydroxyl groups is 1. The van der Waals surface area contributed by atoms with E-state index in [9.17, 15) is 19.8 Å². The average Bonchev–Trinajstić information content (AvgIpc) is 3.66. The lowest BCUT2D eigenvalue weighted by Crippen LogP contribution is -2.69. The number of carbonyl (C=O) groups is 2. The van der Waals surface area contributed by atoms with Crippen molar-refractivity contribution < 1.29 is 53.0 Å². The Labute approximate surface area is 322 Å². The number of benzene rings is 3. The van der Waals surface area contributed by atoms with E-state index in [1.807, 2.05) is 43.9 Å². The first-order chi connectivity index (χ1) is 26.5. The molecule has 55 heavy (non-hydrogen) atoms. The second kappa shape index (κ2) is 13.4. The van der Waals surface area contributed by atoms with Crippen molar-refractivity contribution in [3.63, 3.8) is 0 Å². The van der Waals surface area contributed by atoms with Gasteiger partial charge >= 0.3 is 11.9 Å². The van der Waals surface area contributed by atoms with Gasteiger partial charge in [0.15, 0.2) is 40.0 Å². The molecular formula is C40H45N3O11S. The quantitative estimate of drug-likeness (QED) is 0.219. The Kier molecular flexibility index (Phi) is 8.81. The first kappa shape index (κ1) is 36.2. The molecule has 4 N–H and O–H groups in total. The maximum absolute atomic E-state index is 14.8. The van der Waals surface area contributed by atoms with Crippen LogP contribution in [0, 0.1) is 13.8 Å². The smallest absolute Gasteiger partial charge is 0.331 e. The molecule has 0 aliphatic carbocycles. The number of hydrogen-bond donors (Lipinski definition) is 4. The summed E-state index contributed by atoms with van der Waals surface area (Å²) in [6.45, 7) is 7.73. The van der Waals surface area contributed by atoms with Gasteiger partial charge in [-0.15, -0.1) is 11.8 Å². The van der Waals surface area contributed by atoms with Crippen LogP contribution in [-0.4, -0.2) is 91.9 Å². The van der Waals surface area contributed by atoms with Crippen LogP contribution in [0.1, 0.15) is 75.7 Å². The lowest BCUT2D eigenvalue weighted by Gasteiger charge is -2.59. The molecule has 2 fully saturated rings. The van der Waals surface area contributed by atoms with Gasteiger partial charge in [-0.2, -0.15) is 0 Å². The fraction of sp³-hybridized carbons (Fsp3) is 0.500. The number of carbonyl (C=O) groups excluding carboxylic acids is 2. The number of hydrogen-bond acceptors (Lipinski definition) is 15. The van der Waals surface area contributed by atoms with E-state index in [-0.39, 0.29) is 24.9 Å². The number of rotatable bonds is 5. The fourth-order valence-electron chi connectivity index (χ4n) is 9.86. The maximum Gasteiger partial charge on any atom is 0.331 e. The highest BCUT2D eigenvalue weighted by Gasteiger charge is 2.60. The molecule has 3 aromatic rings. The Morgan fingerprint density at radius 3 is 2.58 bits per heavy atom. The molecule has 2 saturated heterocycles. The minimum absolute atomic E-state index is 0.0352. The van der Waals surface area contributed by atoms with Crippen LogP contribution in [0.2, 0.25) is 0 Å². The number of nitrogens with one attached hydrogen (secondary N) is 2. The molecule has 7 heterocycles. The van der Waals surface area contributed by atoms with Crippen molar-refractivity contribution in [3.05, 3.63) is 62.7 Å². The number of thioether (sulfide) groups is 1. The van der Waals surface area contributed by atoms with Crippen LogP contribution in [0.3, 0.4) is 0 Å².